The van der Waals surface area contributed by atoms with Crippen LogP contribution in [0.25, 0.3) is 0 Å². The lowest BCUT2D eigenvalue weighted by Gasteiger charge is -2.24. The minimum Gasteiger partial charge on any atom is -0.494 e. The molecule has 1 atom stereocenters. The van der Waals surface area contributed by atoms with Gasteiger partial charge in [0.25, 0.3) is 0 Å². The zero-order valence-corrected chi connectivity index (χ0v) is 18.0. The van der Waals surface area contributed by atoms with Gasteiger partial charge in [0.15, 0.2) is 5.96 Å². The van der Waals surface area contributed by atoms with Crippen LogP contribution in [0.1, 0.15) is 25.3 Å². The lowest BCUT2D eigenvalue weighted by Crippen LogP contribution is -2.42. The quantitative estimate of drug-likeness (QED) is 0.367. The smallest absolute Gasteiger partial charge is 0.193 e. The predicted octanol–water partition coefficient (Wildman–Crippen LogP) is 3.18. The minimum atomic E-state index is 0. The first-order valence-electron chi connectivity index (χ1n) is 8.94. The summed E-state index contributed by atoms with van der Waals surface area (Å²) in [6.07, 6.45) is 3.12. The second-order valence-electron chi connectivity index (χ2n) is 6.33. The van der Waals surface area contributed by atoms with E-state index in [1.165, 1.54) is 5.56 Å². The molecule has 2 rings (SSSR count). The summed E-state index contributed by atoms with van der Waals surface area (Å²) in [7, 11) is 3.93. The van der Waals surface area contributed by atoms with Crippen LogP contribution >= 0.6 is 24.0 Å². The molecule has 1 aromatic rings. The van der Waals surface area contributed by atoms with Crippen LogP contribution < -0.4 is 10.1 Å². The largest absolute Gasteiger partial charge is 0.494 e. The summed E-state index contributed by atoms with van der Waals surface area (Å²) in [5, 5.41) is 3.45. The molecule has 142 valence electrons. The van der Waals surface area contributed by atoms with Crippen LogP contribution in [0, 0.1) is 5.92 Å². The molecule has 5 nitrogen and oxygen atoms in total. The summed E-state index contributed by atoms with van der Waals surface area (Å²) in [5.74, 6) is 2.51. The highest BCUT2D eigenvalue weighted by Crippen LogP contribution is 2.14. The maximum absolute atomic E-state index is 5.69. The van der Waals surface area contributed by atoms with E-state index in [0.29, 0.717) is 5.92 Å². The average molecular weight is 461 g/mol. The van der Waals surface area contributed by atoms with Gasteiger partial charge >= 0.3 is 0 Å². The number of halogens is 1. The summed E-state index contributed by atoms with van der Waals surface area (Å²) in [5.41, 5.74) is 1.28. The molecule has 1 fully saturated rings. The molecular formula is C19H32IN3O2. The van der Waals surface area contributed by atoms with Crippen LogP contribution in [0.15, 0.2) is 29.3 Å². The molecule has 0 radical (unpaired) electrons. The van der Waals surface area contributed by atoms with E-state index in [1.54, 1.807) is 0 Å². The van der Waals surface area contributed by atoms with Crippen molar-refractivity contribution < 1.29 is 9.47 Å². The van der Waals surface area contributed by atoms with Gasteiger partial charge in [-0.1, -0.05) is 19.1 Å². The van der Waals surface area contributed by atoms with Crippen LogP contribution in [0.2, 0.25) is 0 Å². The van der Waals surface area contributed by atoms with Gasteiger partial charge in [0.05, 0.1) is 13.2 Å². The molecule has 0 aromatic heterocycles. The lowest BCUT2D eigenvalue weighted by molar-refractivity contribution is 0.181. The van der Waals surface area contributed by atoms with Gasteiger partial charge < -0.3 is 19.7 Å². The molecule has 1 N–H and O–H groups in total. The van der Waals surface area contributed by atoms with Crippen molar-refractivity contribution in [3.05, 3.63) is 29.8 Å². The van der Waals surface area contributed by atoms with Gasteiger partial charge in [-0.25, -0.2) is 0 Å². The maximum Gasteiger partial charge on any atom is 0.193 e. The number of hydrogen-bond acceptors (Lipinski definition) is 3. The zero-order chi connectivity index (χ0) is 17.2. The molecule has 0 spiro atoms. The van der Waals surface area contributed by atoms with Crippen LogP contribution in [-0.4, -0.2) is 57.9 Å². The Hall–Kier alpha value is -1.02. The predicted molar refractivity (Wildman–Crippen MR) is 114 cm³/mol. The Morgan fingerprint density at radius 3 is 2.96 bits per heavy atom. The van der Waals surface area contributed by atoms with E-state index in [9.17, 15) is 0 Å². The second-order valence-corrected chi connectivity index (χ2v) is 6.33. The molecule has 1 aromatic carbocycles. The highest BCUT2D eigenvalue weighted by atomic mass is 127. The highest BCUT2D eigenvalue weighted by molar-refractivity contribution is 14.0. The number of aliphatic imine (C=N–C) groups is 1. The van der Waals surface area contributed by atoms with Gasteiger partial charge in [-0.3, -0.25) is 4.99 Å². The van der Waals surface area contributed by atoms with Crippen molar-refractivity contribution in [1.29, 1.82) is 0 Å². The van der Waals surface area contributed by atoms with Crippen molar-refractivity contribution in [3.8, 4) is 5.75 Å². The van der Waals surface area contributed by atoms with E-state index in [0.717, 1.165) is 63.9 Å². The Bertz CT molecular complexity index is 519. The molecule has 25 heavy (non-hydrogen) atoms. The van der Waals surface area contributed by atoms with Gasteiger partial charge in [0.1, 0.15) is 5.75 Å². The van der Waals surface area contributed by atoms with E-state index in [4.69, 9.17) is 9.47 Å². The fourth-order valence-electron chi connectivity index (χ4n) is 2.92. The molecule has 1 unspecified atom stereocenters. The van der Waals surface area contributed by atoms with Crippen molar-refractivity contribution >= 4 is 29.9 Å². The molecule has 0 bridgehead atoms. The molecule has 1 heterocycles. The van der Waals surface area contributed by atoms with Crippen LogP contribution in [-0.2, 0) is 11.2 Å². The number of rotatable bonds is 8. The molecule has 6 heteroatoms. The molecule has 0 saturated carbocycles. The van der Waals surface area contributed by atoms with Gasteiger partial charge in [-0.2, -0.15) is 0 Å². The van der Waals surface area contributed by atoms with E-state index in [2.05, 4.69) is 47.4 Å². The first-order chi connectivity index (χ1) is 11.7. The first-order valence-corrected chi connectivity index (χ1v) is 8.94. The van der Waals surface area contributed by atoms with Gasteiger partial charge in [-0.15, -0.1) is 24.0 Å². The van der Waals surface area contributed by atoms with E-state index in [1.807, 2.05) is 13.1 Å². The number of nitrogens with zero attached hydrogens (tertiary/aromatic N) is 2. The van der Waals surface area contributed by atoms with Crippen molar-refractivity contribution in [3.63, 3.8) is 0 Å². The topological polar surface area (TPSA) is 46.1 Å². The van der Waals surface area contributed by atoms with Crippen molar-refractivity contribution in [2.75, 3.05) is 47.0 Å². The van der Waals surface area contributed by atoms with Crippen LogP contribution in [0.4, 0.5) is 0 Å². The Labute approximate surface area is 169 Å². The third-order valence-corrected chi connectivity index (χ3v) is 4.20. The third kappa shape index (κ3) is 7.81. The van der Waals surface area contributed by atoms with E-state index >= 15 is 0 Å². The van der Waals surface area contributed by atoms with Crippen molar-refractivity contribution in [2.45, 2.75) is 26.2 Å². The lowest BCUT2D eigenvalue weighted by atomic mass is 10.1. The van der Waals surface area contributed by atoms with E-state index in [-0.39, 0.29) is 24.0 Å². The van der Waals surface area contributed by atoms with Crippen LogP contribution in [0.5, 0.6) is 5.75 Å². The van der Waals surface area contributed by atoms with Gasteiger partial charge in [-0.05, 0) is 37.0 Å². The minimum absolute atomic E-state index is 0. The number of nitrogens with one attached hydrogen (secondary N) is 1. The number of guanidine groups is 1. The van der Waals surface area contributed by atoms with Crippen molar-refractivity contribution in [2.24, 2.45) is 10.9 Å². The number of benzene rings is 1. The number of hydrogen-bond donors (Lipinski definition) is 1. The summed E-state index contributed by atoms with van der Waals surface area (Å²) < 4.78 is 11.1. The summed E-state index contributed by atoms with van der Waals surface area (Å²) in [4.78, 5) is 6.58. The Morgan fingerprint density at radius 2 is 2.28 bits per heavy atom. The molecular weight excluding hydrogens is 429 g/mol. The monoisotopic (exact) mass is 461 g/mol. The first kappa shape index (κ1) is 22.0. The number of ether oxygens (including phenoxy) is 2. The average Bonchev–Trinajstić information content (AvgIpc) is 3.10. The summed E-state index contributed by atoms with van der Waals surface area (Å²) in [6, 6.07) is 8.34. The molecule has 0 amide bonds. The molecule has 1 aliphatic rings. The standard InChI is InChI=1S/C19H31N3O2.HI/c1-4-11-24-18-7-5-6-16(13-18)8-10-21-19(20-2)22(3)14-17-9-12-23-15-17;/h5-7,13,17H,4,8-12,14-15H2,1-3H3,(H,20,21);1H. The second kappa shape index (κ2) is 12.4. The van der Waals surface area contributed by atoms with E-state index < -0.39 is 0 Å². The van der Waals surface area contributed by atoms with Crippen molar-refractivity contribution in [1.82, 2.24) is 10.2 Å². The zero-order valence-electron chi connectivity index (χ0n) is 15.7. The SMILES string of the molecule is CCCOc1cccc(CCNC(=NC)N(C)CC2CCOC2)c1.I. The molecule has 0 aliphatic carbocycles. The fraction of sp³-hybridized carbons (Fsp3) is 0.632. The summed E-state index contributed by atoms with van der Waals surface area (Å²) in [6.45, 7) is 6.49. The molecule has 1 saturated heterocycles. The maximum atomic E-state index is 5.69. The molecule has 1 aliphatic heterocycles. The Balaban J connectivity index is 0.00000312. The van der Waals surface area contributed by atoms with Gasteiger partial charge in [0.2, 0.25) is 0 Å². The van der Waals surface area contributed by atoms with Crippen LogP contribution in [0.3, 0.4) is 0 Å². The Kier molecular flexibility index (Phi) is 10.9. The fourth-order valence-corrected chi connectivity index (χ4v) is 2.92. The summed E-state index contributed by atoms with van der Waals surface area (Å²) >= 11 is 0. The normalized spacial score (nSPS) is 17.1. The van der Waals surface area contributed by atoms with Gasteiger partial charge in [0, 0.05) is 39.7 Å². The third-order valence-electron chi connectivity index (χ3n) is 4.20. The highest BCUT2D eigenvalue weighted by Gasteiger charge is 2.18. The Morgan fingerprint density at radius 1 is 1.44 bits per heavy atom.